The highest BCUT2D eigenvalue weighted by atomic mass is 79.9. The van der Waals surface area contributed by atoms with Crippen molar-refractivity contribution in [3.05, 3.63) is 33.8 Å². The van der Waals surface area contributed by atoms with Crippen LogP contribution in [0.3, 0.4) is 0 Å². The van der Waals surface area contributed by atoms with Gasteiger partial charge in [0, 0.05) is 12.7 Å². The monoisotopic (exact) mass is 282 g/mol. The smallest absolute Gasteiger partial charge is 0.0839 e. The third-order valence-corrected chi connectivity index (χ3v) is 3.57. The molecule has 0 aliphatic heterocycles. The highest BCUT2D eigenvalue weighted by Gasteiger charge is 2.12. The fourth-order valence-electron chi connectivity index (χ4n) is 1.72. The predicted octanol–water partition coefficient (Wildman–Crippen LogP) is 2.53. The van der Waals surface area contributed by atoms with Gasteiger partial charge in [-0.1, -0.05) is 0 Å². The molecule has 4 nitrogen and oxygen atoms in total. The molecule has 0 atom stereocenters. The highest BCUT2D eigenvalue weighted by molar-refractivity contribution is 9.10. The molecule has 0 aromatic carbocycles. The summed E-state index contributed by atoms with van der Waals surface area (Å²) in [5.41, 5.74) is 3.24. The molecule has 0 spiro atoms. The first-order chi connectivity index (χ1) is 7.61. The maximum atomic E-state index is 4.46. The largest absolute Gasteiger partial charge is 0.267 e. The van der Waals surface area contributed by atoms with Crippen molar-refractivity contribution in [1.29, 1.82) is 0 Å². The molecule has 16 heavy (non-hydrogen) atoms. The Balaban J connectivity index is 2.33. The van der Waals surface area contributed by atoms with Crippen molar-refractivity contribution in [3.8, 4) is 0 Å². The summed E-state index contributed by atoms with van der Waals surface area (Å²) in [5, 5.41) is 8.85. The Hall–Kier alpha value is -1.10. The van der Waals surface area contributed by atoms with Gasteiger partial charge in [-0.25, -0.2) is 0 Å². The van der Waals surface area contributed by atoms with Gasteiger partial charge < -0.3 is 0 Å². The molecule has 0 N–H and O–H groups in total. The van der Waals surface area contributed by atoms with Crippen LogP contribution in [-0.2, 0) is 13.1 Å². The Bertz CT molecular complexity index is 498. The number of nitrogens with zero attached hydrogens (tertiary/aromatic N) is 4. The molecule has 2 heterocycles. The molecular weight excluding hydrogens is 268 g/mol. The second-order valence-corrected chi connectivity index (χ2v) is 4.61. The minimum atomic E-state index is 0.753. The van der Waals surface area contributed by atoms with E-state index in [2.05, 4.69) is 33.1 Å². The molecule has 0 amide bonds. The molecular formula is C11H15BrN4. The van der Waals surface area contributed by atoms with E-state index in [1.165, 1.54) is 5.69 Å². The molecule has 86 valence electrons. The minimum Gasteiger partial charge on any atom is -0.267 e. The molecule has 0 unspecified atom stereocenters. The van der Waals surface area contributed by atoms with Crippen LogP contribution < -0.4 is 0 Å². The zero-order valence-corrected chi connectivity index (χ0v) is 11.3. The standard InChI is InChI=1S/C11H15BrN4/c1-4-16-10(11(12)9(3)14-16)7-15-6-5-8(2)13-15/h5-6H,4,7H2,1-3H3. The summed E-state index contributed by atoms with van der Waals surface area (Å²) < 4.78 is 5.03. The summed E-state index contributed by atoms with van der Waals surface area (Å²) in [6.45, 7) is 7.73. The molecule has 0 bridgehead atoms. The van der Waals surface area contributed by atoms with Gasteiger partial charge in [-0.3, -0.25) is 9.36 Å². The molecule has 2 aromatic rings. The fraction of sp³-hybridized carbons (Fsp3) is 0.455. The van der Waals surface area contributed by atoms with Gasteiger partial charge in [-0.2, -0.15) is 10.2 Å². The Morgan fingerprint density at radius 1 is 1.31 bits per heavy atom. The van der Waals surface area contributed by atoms with Gasteiger partial charge in [0.2, 0.25) is 0 Å². The molecule has 2 rings (SSSR count). The van der Waals surface area contributed by atoms with Crippen LogP contribution in [0.15, 0.2) is 16.7 Å². The lowest BCUT2D eigenvalue weighted by Crippen LogP contribution is -2.08. The Kier molecular flexibility index (Phi) is 3.14. The Morgan fingerprint density at radius 3 is 2.62 bits per heavy atom. The maximum absolute atomic E-state index is 4.46. The summed E-state index contributed by atoms with van der Waals surface area (Å²) >= 11 is 3.58. The molecule has 0 aliphatic carbocycles. The van der Waals surface area contributed by atoms with E-state index in [1.54, 1.807) is 0 Å². The third kappa shape index (κ3) is 2.04. The van der Waals surface area contributed by atoms with Gasteiger partial charge >= 0.3 is 0 Å². The molecule has 0 radical (unpaired) electrons. The maximum Gasteiger partial charge on any atom is 0.0839 e. The summed E-state index contributed by atoms with van der Waals surface area (Å²) in [7, 11) is 0. The number of hydrogen-bond acceptors (Lipinski definition) is 2. The average Bonchev–Trinajstić information content (AvgIpc) is 2.77. The highest BCUT2D eigenvalue weighted by Crippen LogP contribution is 2.21. The van der Waals surface area contributed by atoms with Crippen molar-refractivity contribution in [2.75, 3.05) is 0 Å². The molecule has 0 saturated heterocycles. The van der Waals surface area contributed by atoms with Gasteiger partial charge in [-0.05, 0) is 42.8 Å². The van der Waals surface area contributed by atoms with Crippen LogP contribution >= 0.6 is 15.9 Å². The summed E-state index contributed by atoms with van der Waals surface area (Å²) in [6, 6.07) is 2.01. The normalized spacial score (nSPS) is 11.0. The number of aryl methyl sites for hydroxylation is 3. The van der Waals surface area contributed by atoms with E-state index < -0.39 is 0 Å². The van der Waals surface area contributed by atoms with Crippen molar-refractivity contribution in [1.82, 2.24) is 19.6 Å². The number of halogens is 1. The first-order valence-corrected chi connectivity index (χ1v) is 6.13. The van der Waals surface area contributed by atoms with E-state index >= 15 is 0 Å². The molecule has 0 fully saturated rings. The summed E-state index contributed by atoms with van der Waals surface area (Å²) in [5.74, 6) is 0. The average molecular weight is 283 g/mol. The lowest BCUT2D eigenvalue weighted by atomic mass is 10.3. The van der Waals surface area contributed by atoms with Crippen LogP contribution in [0.5, 0.6) is 0 Å². The van der Waals surface area contributed by atoms with Crippen LogP contribution in [-0.4, -0.2) is 19.6 Å². The van der Waals surface area contributed by atoms with Gasteiger partial charge in [0.05, 0.1) is 28.1 Å². The molecule has 0 aliphatic rings. The zero-order chi connectivity index (χ0) is 11.7. The lowest BCUT2D eigenvalue weighted by molar-refractivity contribution is 0.572. The number of hydrogen-bond donors (Lipinski definition) is 0. The first-order valence-electron chi connectivity index (χ1n) is 5.33. The first kappa shape index (κ1) is 11.4. The van der Waals surface area contributed by atoms with Crippen molar-refractivity contribution >= 4 is 15.9 Å². The number of rotatable bonds is 3. The Labute approximate surface area is 103 Å². The topological polar surface area (TPSA) is 35.6 Å². The van der Waals surface area contributed by atoms with Gasteiger partial charge in [0.1, 0.15) is 0 Å². The van der Waals surface area contributed by atoms with Gasteiger partial charge in [0.25, 0.3) is 0 Å². The van der Waals surface area contributed by atoms with Crippen molar-refractivity contribution < 1.29 is 0 Å². The molecule has 5 heteroatoms. The quantitative estimate of drug-likeness (QED) is 0.867. The van der Waals surface area contributed by atoms with Crippen molar-refractivity contribution in [2.24, 2.45) is 0 Å². The van der Waals surface area contributed by atoms with Crippen LogP contribution in [0.25, 0.3) is 0 Å². The van der Waals surface area contributed by atoms with Crippen molar-refractivity contribution in [3.63, 3.8) is 0 Å². The van der Waals surface area contributed by atoms with E-state index in [1.807, 2.05) is 35.5 Å². The van der Waals surface area contributed by atoms with E-state index in [4.69, 9.17) is 0 Å². The van der Waals surface area contributed by atoms with Crippen LogP contribution in [0.1, 0.15) is 24.0 Å². The Morgan fingerprint density at radius 2 is 2.06 bits per heavy atom. The van der Waals surface area contributed by atoms with E-state index in [0.29, 0.717) is 0 Å². The summed E-state index contributed by atoms with van der Waals surface area (Å²) in [6.07, 6.45) is 1.99. The third-order valence-electron chi connectivity index (χ3n) is 2.54. The second kappa shape index (κ2) is 4.41. The number of aromatic nitrogens is 4. The van der Waals surface area contributed by atoms with Gasteiger partial charge in [0.15, 0.2) is 0 Å². The lowest BCUT2D eigenvalue weighted by Gasteiger charge is -2.05. The van der Waals surface area contributed by atoms with Crippen LogP contribution in [0.4, 0.5) is 0 Å². The van der Waals surface area contributed by atoms with E-state index in [-0.39, 0.29) is 0 Å². The van der Waals surface area contributed by atoms with Gasteiger partial charge in [-0.15, -0.1) is 0 Å². The van der Waals surface area contributed by atoms with Crippen molar-refractivity contribution in [2.45, 2.75) is 33.9 Å². The summed E-state index contributed by atoms with van der Waals surface area (Å²) in [4.78, 5) is 0. The predicted molar refractivity (Wildman–Crippen MR) is 66.4 cm³/mol. The fourth-order valence-corrected chi connectivity index (χ4v) is 2.13. The molecule has 0 saturated carbocycles. The minimum absolute atomic E-state index is 0.753. The van der Waals surface area contributed by atoms with E-state index in [0.717, 1.165) is 29.0 Å². The SMILES string of the molecule is CCn1nc(C)c(Br)c1Cn1ccc(C)n1. The zero-order valence-electron chi connectivity index (χ0n) is 9.74. The van der Waals surface area contributed by atoms with E-state index in [9.17, 15) is 0 Å². The van der Waals surface area contributed by atoms with Crippen LogP contribution in [0.2, 0.25) is 0 Å². The van der Waals surface area contributed by atoms with Crippen LogP contribution in [0, 0.1) is 13.8 Å². The second-order valence-electron chi connectivity index (χ2n) is 3.82. The molecule has 2 aromatic heterocycles.